The van der Waals surface area contributed by atoms with E-state index in [2.05, 4.69) is 10.9 Å². The lowest BCUT2D eigenvalue weighted by atomic mass is 10.2. The fourth-order valence-corrected chi connectivity index (χ4v) is 6.14. The average Bonchev–Trinajstić information content (AvgIpc) is 3.12. The Hall–Kier alpha value is -2.44. The predicted octanol–water partition coefficient (Wildman–Crippen LogP) is 4.54. The first-order chi connectivity index (χ1) is 15.3. The number of unbranched alkanes of at least 4 members (excludes halogenated alkanes) is 1. The lowest BCUT2D eigenvalue weighted by molar-refractivity contribution is 0.0998. The molecule has 3 rings (SSSR count). The summed E-state index contributed by atoms with van der Waals surface area (Å²) in [5.74, 6) is 2.08. The number of hydrogen-bond donors (Lipinski definition) is 0. The fourth-order valence-electron chi connectivity index (χ4n) is 3.26. The van der Waals surface area contributed by atoms with Gasteiger partial charge in [-0.15, -0.1) is 6.42 Å². The molecule has 0 spiro atoms. The molecule has 6 nitrogen and oxygen atoms in total. The highest BCUT2D eigenvalue weighted by Crippen LogP contribution is 2.25. The first-order valence-corrected chi connectivity index (χ1v) is 12.9. The van der Waals surface area contributed by atoms with Crippen LogP contribution in [0.3, 0.4) is 0 Å². The van der Waals surface area contributed by atoms with Gasteiger partial charge in [0.15, 0.2) is 4.80 Å². The molecule has 2 aromatic carbocycles. The van der Waals surface area contributed by atoms with Gasteiger partial charge >= 0.3 is 0 Å². The van der Waals surface area contributed by atoms with Gasteiger partial charge in [0.25, 0.3) is 5.91 Å². The summed E-state index contributed by atoms with van der Waals surface area (Å²) in [4.78, 5) is 17.6. The molecule has 0 radical (unpaired) electrons. The minimum Gasteiger partial charge on any atom is -0.303 e. The van der Waals surface area contributed by atoms with E-state index in [4.69, 9.17) is 18.0 Å². The molecule has 9 heteroatoms. The van der Waals surface area contributed by atoms with E-state index in [9.17, 15) is 13.2 Å². The van der Waals surface area contributed by atoms with E-state index >= 15 is 0 Å². The van der Waals surface area contributed by atoms with Crippen LogP contribution in [0.5, 0.6) is 0 Å². The highest BCUT2D eigenvalue weighted by molar-refractivity contribution is 7.89. The van der Waals surface area contributed by atoms with Crippen molar-refractivity contribution in [3.63, 3.8) is 0 Å². The van der Waals surface area contributed by atoms with Crippen molar-refractivity contribution < 1.29 is 13.2 Å². The number of para-hydroxylation sites is 1. The van der Waals surface area contributed by atoms with Crippen molar-refractivity contribution in [1.82, 2.24) is 8.87 Å². The SMILES string of the molecule is C#CCn1c(=NC(=O)c2ccc(S(=O)(=O)N(CC)CCCC)cc2)sc2cccc(Cl)c21. The molecule has 1 aromatic heterocycles. The van der Waals surface area contributed by atoms with E-state index in [1.807, 2.05) is 26.0 Å². The number of sulfonamides is 1. The van der Waals surface area contributed by atoms with Gasteiger partial charge in [0.2, 0.25) is 10.0 Å². The summed E-state index contributed by atoms with van der Waals surface area (Å²) < 4.78 is 29.8. The van der Waals surface area contributed by atoms with Gasteiger partial charge in [-0.1, -0.05) is 55.2 Å². The van der Waals surface area contributed by atoms with Crippen molar-refractivity contribution in [2.24, 2.45) is 4.99 Å². The molecule has 0 saturated carbocycles. The van der Waals surface area contributed by atoms with Crippen LogP contribution in [-0.4, -0.2) is 36.3 Å². The lowest BCUT2D eigenvalue weighted by Gasteiger charge is -2.20. The molecule has 0 unspecified atom stereocenters. The highest BCUT2D eigenvalue weighted by atomic mass is 35.5. The van der Waals surface area contributed by atoms with E-state index in [0.29, 0.717) is 22.9 Å². The molecule has 0 aliphatic carbocycles. The Bertz CT molecular complexity index is 1330. The minimum atomic E-state index is -3.61. The topological polar surface area (TPSA) is 71.7 Å². The Balaban J connectivity index is 1.95. The van der Waals surface area contributed by atoms with E-state index in [-0.39, 0.29) is 17.0 Å². The summed E-state index contributed by atoms with van der Waals surface area (Å²) in [5.41, 5.74) is 1.02. The van der Waals surface area contributed by atoms with Crippen molar-refractivity contribution >= 4 is 49.1 Å². The average molecular weight is 490 g/mol. The Morgan fingerprint density at radius 3 is 2.56 bits per heavy atom. The van der Waals surface area contributed by atoms with Crippen LogP contribution < -0.4 is 4.80 Å². The third-order valence-corrected chi connectivity index (χ3v) is 8.29. The third kappa shape index (κ3) is 4.97. The summed E-state index contributed by atoms with van der Waals surface area (Å²) in [6.45, 7) is 4.91. The third-order valence-electron chi connectivity index (χ3n) is 4.95. The molecule has 0 N–H and O–H groups in total. The van der Waals surface area contributed by atoms with Gasteiger partial charge in [0.05, 0.1) is 26.7 Å². The van der Waals surface area contributed by atoms with E-state index in [0.717, 1.165) is 23.1 Å². The monoisotopic (exact) mass is 489 g/mol. The van der Waals surface area contributed by atoms with Crippen LogP contribution in [0, 0.1) is 12.3 Å². The quantitative estimate of drug-likeness (QED) is 0.436. The molecule has 0 bridgehead atoms. The number of benzene rings is 2. The number of terminal acetylenes is 1. The number of rotatable bonds is 8. The normalized spacial score (nSPS) is 12.4. The fraction of sp³-hybridized carbons (Fsp3) is 0.304. The molecular weight excluding hydrogens is 466 g/mol. The Labute approximate surface area is 197 Å². The maximum Gasteiger partial charge on any atom is 0.279 e. The van der Waals surface area contributed by atoms with E-state index in [1.165, 1.54) is 39.9 Å². The van der Waals surface area contributed by atoms with E-state index in [1.54, 1.807) is 10.6 Å². The smallest absolute Gasteiger partial charge is 0.279 e. The number of thiazole rings is 1. The molecule has 0 saturated heterocycles. The second kappa shape index (κ2) is 10.5. The standard InChI is InChI=1S/C23H24ClN3O3S2/c1-4-7-16-26(6-3)32(29,30)18-13-11-17(12-14-18)22(28)25-23-27(15-5-2)21-19(24)9-8-10-20(21)31-23/h2,8-14H,4,6-7,15-16H2,1,3H3. The number of carbonyl (C=O) groups is 1. The van der Waals surface area contributed by atoms with Crippen LogP contribution in [0.2, 0.25) is 5.02 Å². The van der Waals surface area contributed by atoms with Crippen molar-refractivity contribution in [3.8, 4) is 12.3 Å². The molecular formula is C23H24ClN3O3S2. The van der Waals surface area contributed by atoms with Crippen LogP contribution in [0.1, 0.15) is 37.0 Å². The van der Waals surface area contributed by atoms with Crippen molar-refractivity contribution in [2.75, 3.05) is 13.1 Å². The predicted molar refractivity (Wildman–Crippen MR) is 129 cm³/mol. The lowest BCUT2D eigenvalue weighted by Crippen LogP contribution is -2.31. The first-order valence-electron chi connectivity index (χ1n) is 10.2. The number of amides is 1. The Morgan fingerprint density at radius 1 is 1.22 bits per heavy atom. The molecule has 0 aliphatic heterocycles. The highest BCUT2D eigenvalue weighted by Gasteiger charge is 2.22. The molecule has 168 valence electrons. The van der Waals surface area contributed by atoms with Gasteiger partial charge in [-0.2, -0.15) is 9.30 Å². The molecule has 0 atom stereocenters. The zero-order chi connectivity index (χ0) is 23.3. The number of nitrogens with zero attached hydrogens (tertiary/aromatic N) is 3. The van der Waals surface area contributed by atoms with Crippen molar-refractivity contribution in [1.29, 1.82) is 0 Å². The van der Waals surface area contributed by atoms with Crippen LogP contribution in [0.15, 0.2) is 52.4 Å². The maximum absolute atomic E-state index is 12.9. The summed E-state index contributed by atoms with van der Waals surface area (Å²) >= 11 is 7.64. The number of hydrogen-bond acceptors (Lipinski definition) is 4. The first kappa shape index (κ1) is 24.2. The van der Waals surface area contributed by atoms with Gasteiger partial charge in [-0.25, -0.2) is 8.42 Å². The summed E-state index contributed by atoms with van der Waals surface area (Å²) in [7, 11) is -3.61. The molecule has 1 heterocycles. The maximum atomic E-state index is 12.9. The Morgan fingerprint density at radius 2 is 1.94 bits per heavy atom. The number of carbonyl (C=O) groups excluding carboxylic acids is 1. The number of fused-ring (bicyclic) bond motifs is 1. The number of aromatic nitrogens is 1. The van der Waals surface area contributed by atoms with Gasteiger partial charge < -0.3 is 4.57 Å². The minimum absolute atomic E-state index is 0.156. The molecule has 32 heavy (non-hydrogen) atoms. The zero-order valence-corrected chi connectivity index (χ0v) is 20.3. The largest absolute Gasteiger partial charge is 0.303 e. The second-order valence-electron chi connectivity index (χ2n) is 7.05. The van der Waals surface area contributed by atoms with Crippen molar-refractivity contribution in [2.45, 2.75) is 38.1 Å². The molecule has 1 amide bonds. The molecule has 0 fully saturated rings. The van der Waals surface area contributed by atoms with Gasteiger partial charge in [0.1, 0.15) is 0 Å². The van der Waals surface area contributed by atoms with Crippen molar-refractivity contribution in [3.05, 3.63) is 57.9 Å². The van der Waals surface area contributed by atoms with Crippen LogP contribution in [0.25, 0.3) is 10.2 Å². The van der Waals surface area contributed by atoms with Crippen LogP contribution >= 0.6 is 22.9 Å². The van der Waals surface area contributed by atoms with Gasteiger partial charge in [-0.3, -0.25) is 4.79 Å². The number of halogens is 1. The van der Waals surface area contributed by atoms with Crippen LogP contribution in [0.4, 0.5) is 0 Å². The second-order valence-corrected chi connectivity index (χ2v) is 10.4. The van der Waals surface area contributed by atoms with E-state index < -0.39 is 15.9 Å². The van der Waals surface area contributed by atoms with Gasteiger partial charge in [-0.05, 0) is 42.8 Å². The van der Waals surface area contributed by atoms with Gasteiger partial charge in [0, 0.05) is 18.7 Å². The summed E-state index contributed by atoms with van der Waals surface area (Å²) in [6, 6.07) is 11.3. The van der Waals surface area contributed by atoms with Crippen LogP contribution in [-0.2, 0) is 16.6 Å². The Kier molecular flexibility index (Phi) is 7.91. The summed E-state index contributed by atoms with van der Waals surface area (Å²) in [5, 5.41) is 0.529. The molecule has 0 aliphatic rings. The summed E-state index contributed by atoms with van der Waals surface area (Å²) in [6.07, 6.45) is 7.20. The molecule has 3 aromatic rings. The zero-order valence-electron chi connectivity index (χ0n) is 17.9.